The molecular formula is C14H31NO. The Morgan fingerprint density at radius 1 is 0.875 bits per heavy atom. The fourth-order valence-corrected chi connectivity index (χ4v) is 2.10. The molecule has 0 amide bonds. The molecule has 16 heavy (non-hydrogen) atoms. The van der Waals surface area contributed by atoms with Crippen LogP contribution in [-0.4, -0.2) is 23.8 Å². The van der Waals surface area contributed by atoms with Gasteiger partial charge < -0.3 is 10.4 Å². The predicted octanol–water partition coefficient (Wildman–Crippen LogP) is 3.49. The molecule has 2 unspecified atom stereocenters. The summed E-state index contributed by atoms with van der Waals surface area (Å²) in [6.07, 6.45) is 10.1. The Hall–Kier alpha value is -0.0800. The minimum absolute atomic E-state index is 0.317. The summed E-state index contributed by atoms with van der Waals surface area (Å²) in [6, 6.07) is 1.16. The maximum Gasteiger partial charge on any atom is 0.0431 e. The SMILES string of the molecule is CCCCCCCC(C)NC(C)CCCO. The normalized spacial score (nSPS) is 15.0. The van der Waals surface area contributed by atoms with Gasteiger partial charge >= 0.3 is 0 Å². The highest BCUT2D eigenvalue weighted by Crippen LogP contribution is 2.08. The summed E-state index contributed by atoms with van der Waals surface area (Å²) in [7, 11) is 0. The fourth-order valence-electron chi connectivity index (χ4n) is 2.10. The van der Waals surface area contributed by atoms with Crippen molar-refractivity contribution < 1.29 is 5.11 Å². The molecule has 0 saturated carbocycles. The highest BCUT2D eigenvalue weighted by Gasteiger charge is 2.06. The lowest BCUT2D eigenvalue weighted by Gasteiger charge is -2.19. The smallest absolute Gasteiger partial charge is 0.0431 e. The molecule has 0 bridgehead atoms. The van der Waals surface area contributed by atoms with E-state index in [0.29, 0.717) is 18.7 Å². The van der Waals surface area contributed by atoms with Gasteiger partial charge in [-0.2, -0.15) is 0 Å². The average Bonchev–Trinajstić information content (AvgIpc) is 2.26. The number of rotatable bonds is 11. The molecule has 0 heterocycles. The van der Waals surface area contributed by atoms with Gasteiger partial charge in [0.2, 0.25) is 0 Å². The van der Waals surface area contributed by atoms with Gasteiger partial charge in [0.25, 0.3) is 0 Å². The third-order valence-corrected chi connectivity index (χ3v) is 3.10. The van der Waals surface area contributed by atoms with Gasteiger partial charge in [0.05, 0.1) is 0 Å². The van der Waals surface area contributed by atoms with Crippen LogP contribution in [0.15, 0.2) is 0 Å². The molecule has 0 aromatic heterocycles. The van der Waals surface area contributed by atoms with Gasteiger partial charge in [0.1, 0.15) is 0 Å². The van der Waals surface area contributed by atoms with Gasteiger partial charge in [-0.25, -0.2) is 0 Å². The summed E-state index contributed by atoms with van der Waals surface area (Å²) in [5.41, 5.74) is 0. The first-order valence-electron chi connectivity index (χ1n) is 7.07. The summed E-state index contributed by atoms with van der Waals surface area (Å²) in [4.78, 5) is 0. The molecule has 0 aliphatic carbocycles. The lowest BCUT2D eigenvalue weighted by molar-refractivity contribution is 0.273. The van der Waals surface area contributed by atoms with Crippen molar-refractivity contribution in [3.63, 3.8) is 0 Å². The molecule has 0 spiro atoms. The number of hydrogen-bond acceptors (Lipinski definition) is 2. The van der Waals surface area contributed by atoms with Gasteiger partial charge in [0, 0.05) is 18.7 Å². The maximum atomic E-state index is 8.75. The van der Waals surface area contributed by atoms with Crippen molar-refractivity contribution >= 4 is 0 Å². The van der Waals surface area contributed by atoms with E-state index in [2.05, 4.69) is 26.1 Å². The summed E-state index contributed by atoms with van der Waals surface area (Å²) in [5.74, 6) is 0. The van der Waals surface area contributed by atoms with Crippen molar-refractivity contribution in [2.75, 3.05) is 6.61 Å². The molecular weight excluding hydrogens is 198 g/mol. The van der Waals surface area contributed by atoms with Gasteiger partial charge in [-0.1, -0.05) is 39.0 Å². The van der Waals surface area contributed by atoms with E-state index in [1.807, 2.05) is 0 Å². The standard InChI is InChI=1S/C14H31NO/c1-4-5-6-7-8-10-13(2)15-14(3)11-9-12-16/h13-16H,4-12H2,1-3H3. The highest BCUT2D eigenvalue weighted by atomic mass is 16.2. The van der Waals surface area contributed by atoms with Gasteiger partial charge in [-0.15, -0.1) is 0 Å². The number of unbranched alkanes of at least 4 members (excludes halogenated alkanes) is 4. The van der Waals surface area contributed by atoms with E-state index in [1.165, 1.54) is 38.5 Å². The van der Waals surface area contributed by atoms with E-state index in [0.717, 1.165) is 12.8 Å². The average molecular weight is 229 g/mol. The molecule has 2 nitrogen and oxygen atoms in total. The minimum Gasteiger partial charge on any atom is -0.396 e. The molecule has 0 saturated heterocycles. The Labute approximate surface area is 102 Å². The first-order valence-corrected chi connectivity index (χ1v) is 7.07. The molecule has 0 radical (unpaired) electrons. The lowest BCUT2D eigenvalue weighted by atomic mass is 10.1. The Bertz CT molecular complexity index is 139. The number of hydrogen-bond donors (Lipinski definition) is 2. The van der Waals surface area contributed by atoms with Crippen molar-refractivity contribution in [3.8, 4) is 0 Å². The third-order valence-electron chi connectivity index (χ3n) is 3.10. The zero-order valence-corrected chi connectivity index (χ0v) is 11.5. The van der Waals surface area contributed by atoms with Crippen LogP contribution in [0.5, 0.6) is 0 Å². The second-order valence-electron chi connectivity index (χ2n) is 5.04. The van der Waals surface area contributed by atoms with Crippen molar-refractivity contribution in [1.82, 2.24) is 5.32 Å². The molecule has 2 N–H and O–H groups in total. The van der Waals surface area contributed by atoms with Crippen molar-refractivity contribution in [1.29, 1.82) is 0 Å². The topological polar surface area (TPSA) is 32.3 Å². The van der Waals surface area contributed by atoms with Gasteiger partial charge in [-0.3, -0.25) is 0 Å². The van der Waals surface area contributed by atoms with Crippen molar-refractivity contribution in [2.24, 2.45) is 0 Å². The maximum absolute atomic E-state index is 8.75. The molecule has 0 aliphatic heterocycles. The van der Waals surface area contributed by atoms with Gasteiger partial charge in [-0.05, 0) is 33.1 Å². The van der Waals surface area contributed by atoms with Crippen LogP contribution in [-0.2, 0) is 0 Å². The van der Waals surface area contributed by atoms with Crippen molar-refractivity contribution in [2.45, 2.75) is 84.2 Å². The second kappa shape index (κ2) is 11.4. The largest absolute Gasteiger partial charge is 0.396 e. The number of aliphatic hydroxyl groups excluding tert-OH is 1. The Balaban J connectivity index is 3.32. The molecule has 0 aromatic carbocycles. The highest BCUT2D eigenvalue weighted by molar-refractivity contribution is 4.67. The van der Waals surface area contributed by atoms with Crippen LogP contribution in [0.2, 0.25) is 0 Å². The zero-order valence-electron chi connectivity index (χ0n) is 11.5. The Kier molecular flexibility index (Phi) is 11.3. The molecule has 98 valence electrons. The Morgan fingerprint density at radius 3 is 2.00 bits per heavy atom. The van der Waals surface area contributed by atoms with E-state index in [-0.39, 0.29) is 0 Å². The summed E-state index contributed by atoms with van der Waals surface area (Å²) >= 11 is 0. The molecule has 0 aliphatic rings. The monoisotopic (exact) mass is 229 g/mol. The molecule has 2 atom stereocenters. The quantitative estimate of drug-likeness (QED) is 0.532. The summed E-state index contributed by atoms with van der Waals surface area (Å²) in [6.45, 7) is 7.06. The first-order chi connectivity index (χ1) is 7.70. The van der Waals surface area contributed by atoms with Crippen LogP contribution < -0.4 is 5.32 Å². The van der Waals surface area contributed by atoms with E-state index in [9.17, 15) is 0 Å². The van der Waals surface area contributed by atoms with Crippen molar-refractivity contribution in [3.05, 3.63) is 0 Å². The molecule has 0 aromatic rings. The lowest BCUT2D eigenvalue weighted by Crippen LogP contribution is -2.34. The van der Waals surface area contributed by atoms with Crippen LogP contribution in [0, 0.1) is 0 Å². The second-order valence-corrected chi connectivity index (χ2v) is 5.04. The van der Waals surface area contributed by atoms with E-state index >= 15 is 0 Å². The van der Waals surface area contributed by atoms with Gasteiger partial charge in [0.15, 0.2) is 0 Å². The van der Waals surface area contributed by atoms with Crippen LogP contribution in [0.3, 0.4) is 0 Å². The number of aliphatic hydroxyl groups is 1. The summed E-state index contributed by atoms with van der Waals surface area (Å²) < 4.78 is 0. The van der Waals surface area contributed by atoms with E-state index in [1.54, 1.807) is 0 Å². The minimum atomic E-state index is 0.317. The molecule has 0 fully saturated rings. The molecule has 2 heteroatoms. The summed E-state index contributed by atoms with van der Waals surface area (Å²) in [5, 5.41) is 12.3. The first kappa shape index (κ1) is 15.9. The van der Waals surface area contributed by atoms with Crippen LogP contribution in [0.25, 0.3) is 0 Å². The van der Waals surface area contributed by atoms with Crippen LogP contribution in [0.4, 0.5) is 0 Å². The predicted molar refractivity (Wildman–Crippen MR) is 71.8 cm³/mol. The molecule has 0 rings (SSSR count). The van der Waals surface area contributed by atoms with Crippen LogP contribution in [0.1, 0.15) is 72.1 Å². The zero-order chi connectivity index (χ0) is 12.2. The van der Waals surface area contributed by atoms with Crippen LogP contribution >= 0.6 is 0 Å². The fraction of sp³-hybridized carbons (Fsp3) is 1.00. The number of nitrogens with one attached hydrogen (secondary N) is 1. The Morgan fingerprint density at radius 2 is 1.44 bits per heavy atom. The van der Waals surface area contributed by atoms with E-state index < -0.39 is 0 Å². The van der Waals surface area contributed by atoms with E-state index in [4.69, 9.17) is 5.11 Å². The third kappa shape index (κ3) is 10.4.